The molecule has 0 spiro atoms. The summed E-state index contributed by atoms with van der Waals surface area (Å²) in [7, 11) is 0. The Morgan fingerprint density at radius 3 is 2.83 bits per heavy atom. The average Bonchev–Trinajstić information content (AvgIpc) is 3.18. The number of halogens is 1. The van der Waals surface area contributed by atoms with Crippen molar-refractivity contribution in [3.8, 4) is 5.75 Å². The lowest BCUT2D eigenvalue weighted by atomic mass is 10.2. The van der Waals surface area contributed by atoms with Gasteiger partial charge in [-0.1, -0.05) is 0 Å². The Morgan fingerprint density at radius 1 is 1.44 bits per heavy atom. The van der Waals surface area contributed by atoms with Gasteiger partial charge in [0.1, 0.15) is 5.75 Å². The molecule has 0 aromatic heterocycles. The zero-order chi connectivity index (χ0) is 13.0. The molecular formula is C12H14ClNO4. The van der Waals surface area contributed by atoms with E-state index in [1.807, 2.05) is 0 Å². The van der Waals surface area contributed by atoms with Crippen molar-refractivity contribution in [3.05, 3.63) is 33.9 Å². The zero-order valence-corrected chi connectivity index (χ0v) is 10.6. The van der Waals surface area contributed by atoms with Crippen LogP contribution in [0, 0.1) is 16.0 Å². The number of nitro benzene ring substituents is 1. The molecule has 0 heterocycles. The fraction of sp³-hybridized carbons (Fsp3) is 0.500. The SMILES string of the molecule is O=[N+]([O-])c1ccc(OCOCC2CC2)c(CCl)c1. The van der Waals surface area contributed by atoms with Crippen LogP contribution in [0.4, 0.5) is 5.69 Å². The molecule has 2 rings (SSSR count). The summed E-state index contributed by atoms with van der Waals surface area (Å²) in [5, 5.41) is 10.6. The second kappa shape index (κ2) is 6.02. The molecule has 1 saturated carbocycles. The third kappa shape index (κ3) is 3.58. The van der Waals surface area contributed by atoms with E-state index in [1.54, 1.807) is 6.07 Å². The first kappa shape index (κ1) is 13.1. The lowest BCUT2D eigenvalue weighted by molar-refractivity contribution is -0.384. The molecule has 1 aliphatic carbocycles. The van der Waals surface area contributed by atoms with E-state index in [9.17, 15) is 10.1 Å². The number of alkyl halides is 1. The first-order valence-corrected chi connectivity index (χ1v) is 6.28. The standard InChI is InChI=1S/C12H14ClNO4/c13-6-10-5-11(14(15)16)3-4-12(10)18-8-17-7-9-1-2-9/h3-5,9H,1-2,6-8H2. The highest BCUT2D eigenvalue weighted by atomic mass is 35.5. The van der Waals surface area contributed by atoms with E-state index in [0.29, 0.717) is 23.8 Å². The number of hydrogen-bond donors (Lipinski definition) is 0. The van der Waals surface area contributed by atoms with Crippen LogP contribution >= 0.6 is 11.6 Å². The van der Waals surface area contributed by atoms with E-state index in [4.69, 9.17) is 21.1 Å². The van der Waals surface area contributed by atoms with Gasteiger partial charge in [-0.3, -0.25) is 10.1 Å². The number of nitrogens with zero attached hydrogens (tertiary/aromatic N) is 1. The van der Waals surface area contributed by atoms with E-state index in [-0.39, 0.29) is 18.4 Å². The van der Waals surface area contributed by atoms with Crippen LogP contribution in [0.15, 0.2) is 18.2 Å². The van der Waals surface area contributed by atoms with Gasteiger partial charge in [-0.2, -0.15) is 0 Å². The molecule has 6 heteroatoms. The molecule has 0 unspecified atom stereocenters. The summed E-state index contributed by atoms with van der Waals surface area (Å²) in [6.07, 6.45) is 2.45. The molecule has 0 aliphatic heterocycles. The monoisotopic (exact) mass is 271 g/mol. The minimum absolute atomic E-state index is 0.0110. The van der Waals surface area contributed by atoms with Gasteiger partial charge in [0.05, 0.1) is 17.4 Å². The summed E-state index contributed by atoms with van der Waals surface area (Å²) in [5.74, 6) is 1.38. The first-order valence-electron chi connectivity index (χ1n) is 5.74. The second-order valence-electron chi connectivity index (χ2n) is 4.26. The summed E-state index contributed by atoms with van der Waals surface area (Å²) in [4.78, 5) is 10.2. The Balaban J connectivity index is 1.91. The number of non-ortho nitro benzene ring substituents is 1. The van der Waals surface area contributed by atoms with Crippen LogP contribution < -0.4 is 4.74 Å². The largest absolute Gasteiger partial charge is 0.467 e. The lowest BCUT2D eigenvalue weighted by Crippen LogP contribution is -2.06. The van der Waals surface area contributed by atoms with Gasteiger partial charge in [0.15, 0.2) is 6.79 Å². The van der Waals surface area contributed by atoms with Gasteiger partial charge in [0.2, 0.25) is 0 Å². The van der Waals surface area contributed by atoms with Crippen molar-refractivity contribution < 1.29 is 14.4 Å². The van der Waals surface area contributed by atoms with Crippen LogP contribution in [0.5, 0.6) is 5.75 Å². The van der Waals surface area contributed by atoms with Crippen LogP contribution in [0.2, 0.25) is 0 Å². The molecule has 0 bridgehead atoms. The van der Waals surface area contributed by atoms with Crippen molar-refractivity contribution in [2.75, 3.05) is 13.4 Å². The second-order valence-corrected chi connectivity index (χ2v) is 4.53. The zero-order valence-electron chi connectivity index (χ0n) is 9.80. The van der Waals surface area contributed by atoms with Crippen molar-refractivity contribution >= 4 is 17.3 Å². The maximum atomic E-state index is 10.6. The highest BCUT2D eigenvalue weighted by Crippen LogP contribution is 2.29. The Kier molecular flexibility index (Phi) is 4.38. The fourth-order valence-electron chi connectivity index (χ4n) is 1.53. The molecule has 18 heavy (non-hydrogen) atoms. The van der Waals surface area contributed by atoms with E-state index < -0.39 is 4.92 Å². The first-order chi connectivity index (χ1) is 8.70. The van der Waals surface area contributed by atoms with Crippen LogP contribution in [0.1, 0.15) is 18.4 Å². The van der Waals surface area contributed by atoms with Gasteiger partial charge in [-0.05, 0) is 24.8 Å². The predicted octanol–water partition coefficient (Wildman–Crippen LogP) is 3.10. The third-order valence-electron chi connectivity index (χ3n) is 2.75. The number of hydrogen-bond acceptors (Lipinski definition) is 4. The van der Waals surface area contributed by atoms with Crippen molar-refractivity contribution in [1.82, 2.24) is 0 Å². The number of benzene rings is 1. The van der Waals surface area contributed by atoms with E-state index in [1.165, 1.54) is 25.0 Å². The lowest BCUT2D eigenvalue weighted by Gasteiger charge is -2.10. The van der Waals surface area contributed by atoms with Gasteiger partial charge in [0.25, 0.3) is 5.69 Å². The van der Waals surface area contributed by atoms with Gasteiger partial charge in [-0.15, -0.1) is 11.6 Å². The summed E-state index contributed by atoms with van der Waals surface area (Å²) in [6.45, 7) is 0.862. The summed E-state index contributed by atoms with van der Waals surface area (Å²) < 4.78 is 10.8. The molecule has 0 amide bonds. The van der Waals surface area contributed by atoms with E-state index in [2.05, 4.69) is 0 Å². The molecule has 0 N–H and O–H groups in total. The molecule has 5 nitrogen and oxygen atoms in total. The number of nitro groups is 1. The molecule has 1 fully saturated rings. The Morgan fingerprint density at radius 2 is 2.22 bits per heavy atom. The molecule has 0 radical (unpaired) electrons. The van der Waals surface area contributed by atoms with Gasteiger partial charge in [-0.25, -0.2) is 0 Å². The fourth-order valence-corrected chi connectivity index (χ4v) is 1.74. The molecular weight excluding hydrogens is 258 g/mol. The highest BCUT2D eigenvalue weighted by molar-refractivity contribution is 6.17. The van der Waals surface area contributed by atoms with Gasteiger partial charge in [0, 0.05) is 17.7 Å². The van der Waals surface area contributed by atoms with Crippen LogP contribution in [0.25, 0.3) is 0 Å². The van der Waals surface area contributed by atoms with Gasteiger partial charge >= 0.3 is 0 Å². The van der Waals surface area contributed by atoms with Crippen molar-refractivity contribution in [1.29, 1.82) is 0 Å². The molecule has 1 aliphatic rings. The van der Waals surface area contributed by atoms with Crippen LogP contribution in [0.3, 0.4) is 0 Å². The highest BCUT2D eigenvalue weighted by Gasteiger charge is 2.21. The smallest absolute Gasteiger partial charge is 0.270 e. The Labute approximate surface area is 110 Å². The quantitative estimate of drug-likeness (QED) is 0.251. The average molecular weight is 272 g/mol. The number of ether oxygens (including phenoxy) is 2. The minimum Gasteiger partial charge on any atom is -0.467 e. The summed E-state index contributed by atoms with van der Waals surface area (Å²) in [6, 6.07) is 4.37. The molecule has 0 atom stereocenters. The van der Waals surface area contributed by atoms with Gasteiger partial charge < -0.3 is 9.47 Å². The molecule has 0 saturated heterocycles. The van der Waals surface area contributed by atoms with E-state index >= 15 is 0 Å². The van der Waals surface area contributed by atoms with Crippen molar-refractivity contribution in [2.24, 2.45) is 5.92 Å². The number of rotatable bonds is 7. The summed E-state index contributed by atoms with van der Waals surface area (Å²) >= 11 is 5.74. The third-order valence-corrected chi connectivity index (χ3v) is 3.04. The molecule has 1 aromatic carbocycles. The summed E-state index contributed by atoms with van der Waals surface area (Å²) in [5.41, 5.74) is 0.609. The van der Waals surface area contributed by atoms with Crippen molar-refractivity contribution in [2.45, 2.75) is 18.7 Å². The predicted molar refractivity (Wildman–Crippen MR) is 66.8 cm³/mol. The van der Waals surface area contributed by atoms with Crippen molar-refractivity contribution in [3.63, 3.8) is 0 Å². The molecule has 98 valence electrons. The maximum Gasteiger partial charge on any atom is 0.270 e. The maximum absolute atomic E-state index is 10.6. The normalized spacial score (nSPS) is 14.5. The minimum atomic E-state index is -0.455. The van der Waals surface area contributed by atoms with Crippen LogP contribution in [-0.2, 0) is 10.6 Å². The van der Waals surface area contributed by atoms with E-state index in [0.717, 1.165) is 0 Å². The Bertz CT molecular complexity index is 434. The van der Waals surface area contributed by atoms with Crippen LogP contribution in [-0.4, -0.2) is 18.3 Å². The molecule has 1 aromatic rings. The Hall–Kier alpha value is -1.33. The topological polar surface area (TPSA) is 61.6 Å².